The minimum atomic E-state index is -0.213. The topological polar surface area (TPSA) is 87.3 Å². The van der Waals surface area contributed by atoms with Crippen molar-refractivity contribution >= 4 is 33.2 Å². The number of nitrogens with zero attached hydrogens (tertiary/aromatic N) is 3. The van der Waals surface area contributed by atoms with E-state index in [1.807, 2.05) is 0 Å². The van der Waals surface area contributed by atoms with Crippen LogP contribution in [-0.4, -0.2) is 25.1 Å². The van der Waals surface area contributed by atoms with Gasteiger partial charge in [-0.15, -0.1) is 11.3 Å². The molecule has 0 bridgehead atoms. The molecule has 0 unspecified atom stereocenters. The average Bonchev–Trinajstić information content (AvgIpc) is 2.98. The van der Waals surface area contributed by atoms with E-state index in [0.29, 0.717) is 32.1 Å². The van der Waals surface area contributed by atoms with Gasteiger partial charge in [-0.05, 0) is 18.9 Å². The third kappa shape index (κ3) is 1.85. The van der Waals surface area contributed by atoms with Crippen LogP contribution in [0.2, 0.25) is 4.34 Å². The molecule has 1 saturated carbocycles. The molecule has 3 aromatic rings. The molecule has 3 heterocycles. The SMILES string of the molecule is O=c1[nH]c(-c2n[nH]c(C3CC3)n2)nc2cc(Cl)sc12. The lowest BCUT2D eigenvalue weighted by molar-refractivity contribution is 0.934. The highest BCUT2D eigenvalue weighted by atomic mass is 35.5. The van der Waals surface area contributed by atoms with Gasteiger partial charge >= 0.3 is 0 Å². The molecule has 8 heteroatoms. The Bertz CT molecular complexity index is 831. The maximum atomic E-state index is 11.9. The van der Waals surface area contributed by atoms with E-state index in [1.54, 1.807) is 6.07 Å². The summed E-state index contributed by atoms with van der Waals surface area (Å²) in [5.41, 5.74) is 0.362. The number of hydrogen-bond donors (Lipinski definition) is 2. The van der Waals surface area contributed by atoms with Crippen molar-refractivity contribution in [1.82, 2.24) is 25.1 Å². The molecule has 0 saturated heterocycles. The summed E-state index contributed by atoms with van der Waals surface area (Å²) >= 11 is 7.11. The van der Waals surface area contributed by atoms with Gasteiger partial charge in [0.05, 0.1) is 9.85 Å². The highest BCUT2D eigenvalue weighted by molar-refractivity contribution is 7.22. The lowest BCUT2D eigenvalue weighted by Gasteiger charge is -1.94. The zero-order chi connectivity index (χ0) is 13.0. The molecule has 0 radical (unpaired) electrons. The van der Waals surface area contributed by atoms with E-state index in [2.05, 4.69) is 25.1 Å². The Hall–Kier alpha value is -1.73. The summed E-state index contributed by atoms with van der Waals surface area (Å²) in [5.74, 6) is 2.13. The molecule has 3 aromatic heterocycles. The Kier molecular flexibility index (Phi) is 2.27. The maximum absolute atomic E-state index is 11.9. The van der Waals surface area contributed by atoms with Gasteiger partial charge in [-0.1, -0.05) is 11.6 Å². The number of H-pyrrole nitrogens is 2. The first-order valence-electron chi connectivity index (χ1n) is 5.83. The summed E-state index contributed by atoms with van der Waals surface area (Å²) in [6.07, 6.45) is 2.27. The Morgan fingerprint density at radius 1 is 1.37 bits per heavy atom. The summed E-state index contributed by atoms with van der Waals surface area (Å²) < 4.78 is 1.06. The van der Waals surface area contributed by atoms with Gasteiger partial charge in [-0.2, -0.15) is 5.10 Å². The Morgan fingerprint density at radius 3 is 3.00 bits per heavy atom. The lowest BCUT2D eigenvalue weighted by atomic mass is 10.4. The maximum Gasteiger partial charge on any atom is 0.269 e. The van der Waals surface area contributed by atoms with Crippen LogP contribution in [0.1, 0.15) is 24.6 Å². The molecular weight excluding hydrogens is 286 g/mol. The number of thiophene rings is 1. The molecule has 0 aliphatic heterocycles. The predicted molar refractivity (Wildman–Crippen MR) is 72.6 cm³/mol. The molecule has 96 valence electrons. The molecule has 4 rings (SSSR count). The highest BCUT2D eigenvalue weighted by Crippen LogP contribution is 2.38. The average molecular weight is 294 g/mol. The van der Waals surface area contributed by atoms with Crippen molar-refractivity contribution in [2.45, 2.75) is 18.8 Å². The molecule has 0 atom stereocenters. The van der Waals surface area contributed by atoms with Gasteiger partial charge in [-0.25, -0.2) is 9.97 Å². The van der Waals surface area contributed by atoms with Crippen molar-refractivity contribution in [1.29, 1.82) is 0 Å². The second-order valence-electron chi connectivity index (χ2n) is 4.50. The quantitative estimate of drug-likeness (QED) is 0.759. The van der Waals surface area contributed by atoms with E-state index in [0.717, 1.165) is 18.7 Å². The van der Waals surface area contributed by atoms with Gasteiger partial charge in [0.2, 0.25) is 5.82 Å². The van der Waals surface area contributed by atoms with Crippen LogP contribution in [0.15, 0.2) is 10.9 Å². The second-order valence-corrected chi connectivity index (χ2v) is 6.18. The van der Waals surface area contributed by atoms with E-state index >= 15 is 0 Å². The first-order valence-corrected chi connectivity index (χ1v) is 7.02. The van der Waals surface area contributed by atoms with Crippen LogP contribution in [0, 0.1) is 0 Å². The highest BCUT2D eigenvalue weighted by Gasteiger charge is 2.27. The summed E-state index contributed by atoms with van der Waals surface area (Å²) in [4.78, 5) is 23.3. The van der Waals surface area contributed by atoms with Gasteiger partial charge < -0.3 is 4.98 Å². The van der Waals surface area contributed by atoms with Crippen molar-refractivity contribution in [3.63, 3.8) is 0 Å². The van der Waals surface area contributed by atoms with Crippen LogP contribution < -0.4 is 5.56 Å². The summed E-state index contributed by atoms with van der Waals surface area (Å²) in [7, 11) is 0. The Labute approximate surface area is 115 Å². The number of aromatic nitrogens is 5. The van der Waals surface area contributed by atoms with Crippen molar-refractivity contribution in [2.24, 2.45) is 0 Å². The van der Waals surface area contributed by atoms with Gasteiger partial charge in [0.25, 0.3) is 5.56 Å². The minimum Gasteiger partial charge on any atom is -0.303 e. The number of fused-ring (bicyclic) bond motifs is 1. The van der Waals surface area contributed by atoms with Crippen LogP contribution in [-0.2, 0) is 0 Å². The lowest BCUT2D eigenvalue weighted by Crippen LogP contribution is -2.08. The third-order valence-electron chi connectivity index (χ3n) is 3.03. The predicted octanol–water partition coefficient (Wildman–Crippen LogP) is 2.30. The van der Waals surface area contributed by atoms with Crippen molar-refractivity contribution in [3.8, 4) is 11.6 Å². The molecule has 0 spiro atoms. The van der Waals surface area contributed by atoms with Crippen molar-refractivity contribution < 1.29 is 0 Å². The molecular formula is C11H8ClN5OS. The van der Waals surface area contributed by atoms with Gasteiger partial charge in [0, 0.05) is 5.92 Å². The first kappa shape index (κ1) is 11.1. The van der Waals surface area contributed by atoms with Crippen LogP contribution in [0.4, 0.5) is 0 Å². The number of halogens is 1. The minimum absolute atomic E-state index is 0.213. The summed E-state index contributed by atoms with van der Waals surface area (Å²) in [6.45, 7) is 0. The van der Waals surface area contributed by atoms with Crippen LogP contribution >= 0.6 is 22.9 Å². The Morgan fingerprint density at radius 2 is 2.21 bits per heavy atom. The van der Waals surface area contributed by atoms with E-state index < -0.39 is 0 Å². The largest absolute Gasteiger partial charge is 0.303 e. The van der Waals surface area contributed by atoms with Gasteiger partial charge in [0.15, 0.2) is 5.82 Å². The molecule has 1 fully saturated rings. The second kappa shape index (κ2) is 3.88. The fraction of sp³-hybridized carbons (Fsp3) is 0.273. The van der Waals surface area contributed by atoms with Crippen LogP contribution in [0.5, 0.6) is 0 Å². The van der Waals surface area contributed by atoms with Crippen LogP contribution in [0.3, 0.4) is 0 Å². The van der Waals surface area contributed by atoms with Crippen LogP contribution in [0.25, 0.3) is 21.9 Å². The van der Waals surface area contributed by atoms with Gasteiger partial charge in [-0.3, -0.25) is 9.89 Å². The summed E-state index contributed by atoms with van der Waals surface area (Å²) in [5, 5.41) is 7.00. The Balaban J connectivity index is 1.86. The van der Waals surface area contributed by atoms with E-state index in [1.165, 1.54) is 11.3 Å². The fourth-order valence-electron chi connectivity index (χ4n) is 1.94. The molecule has 0 amide bonds. The third-order valence-corrected chi connectivity index (χ3v) is 4.28. The van der Waals surface area contributed by atoms with Crippen molar-refractivity contribution in [3.05, 3.63) is 26.6 Å². The van der Waals surface area contributed by atoms with E-state index in [4.69, 9.17) is 11.6 Å². The fourth-order valence-corrected chi connectivity index (χ4v) is 2.99. The molecule has 0 aromatic carbocycles. The monoisotopic (exact) mass is 293 g/mol. The summed E-state index contributed by atoms with van der Waals surface area (Å²) in [6, 6.07) is 1.68. The molecule has 1 aliphatic carbocycles. The number of hydrogen-bond acceptors (Lipinski definition) is 5. The molecule has 2 N–H and O–H groups in total. The first-order chi connectivity index (χ1) is 9.20. The number of aromatic amines is 2. The smallest absolute Gasteiger partial charge is 0.269 e. The zero-order valence-electron chi connectivity index (χ0n) is 9.61. The molecule has 1 aliphatic rings. The number of nitrogens with one attached hydrogen (secondary N) is 2. The molecule has 19 heavy (non-hydrogen) atoms. The van der Waals surface area contributed by atoms with E-state index in [9.17, 15) is 4.79 Å². The van der Waals surface area contributed by atoms with E-state index in [-0.39, 0.29) is 5.56 Å². The normalized spacial score (nSPS) is 15.2. The number of rotatable bonds is 2. The van der Waals surface area contributed by atoms with Gasteiger partial charge in [0.1, 0.15) is 10.5 Å². The standard InChI is InChI=1S/C11H8ClN5OS/c12-6-3-5-7(19-6)11(18)15-9(13-5)10-14-8(16-17-10)4-1-2-4/h3-4H,1-2H2,(H,13,15,18)(H,14,16,17). The molecule has 6 nitrogen and oxygen atoms in total. The zero-order valence-corrected chi connectivity index (χ0v) is 11.2. The van der Waals surface area contributed by atoms with Crippen molar-refractivity contribution in [2.75, 3.05) is 0 Å².